The molecule has 13 heavy (non-hydrogen) atoms. The quantitative estimate of drug-likeness (QED) is 0.776. The minimum Gasteiger partial charge on any atom is -0.381 e. The Bertz CT molecular complexity index is 283. The van der Waals surface area contributed by atoms with Gasteiger partial charge < -0.3 is 5.32 Å². The first kappa shape index (κ1) is 10.4. The van der Waals surface area contributed by atoms with E-state index in [1.807, 2.05) is 19.1 Å². The molecule has 2 heteroatoms. The fourth-order valence-corrected chi connectivity index (χ4v) is 1.39. The molecule has 0 heterocycles. The lowest BCUT2D eigenvalue weighted by atomic mass is 10.2. The summed E-state index contributed by atoms with van der Waals surface area (Å²) in [6.07, 6.45) is 1.10. The van der Waals surface area contributed by atoms with Crippen LogP contribution in [0.4, 0.5) is 5.69 Å². The molecule has 0 aliphatic heterocycles. The second kappa shape index (κ2) is 4.52. The van der Waals surface area contributed by atoms with E-state index in [2.05, 4.69) is 25.2 Å². The van der Waals surface area contributed by atoms with Gasteiger partial charge in [-0.1, -0.05) is 24.6 Å². The van der Waals surface area contributed by atoms with Crippen LogP contribution in [0.1, 0.15) is 25.8 Å². The van der Waals surface area contributed by atoms with Crippen LogP contribution in [0.3, 0.4) is 0 Å². The van der Waals surface area contributed by atoms with Crippen molar-refractivity contribution < 1.29 is 0 Å². The molecule has 0 saturated carbocycles. The van der Waals surface area contributed by atoms with Gasteiger partial charge in [0.25, 0.3) is 0 Å². The summed E-state index contributed by atoms with van der Waals surface area (Å²) in [7, 11) is 0. The zero-order valence-electron chi connectivity index (χ0n) is 8.39. The highest BCUT2D eigenvalue weighted by Crippen LogP contribution is 2.23. The second-order valence-corrected chi connectivity index (χ2v) is 3.84. The maximum Gasteiger partial charge on any atom is 0.0640 e. The van der Waals surface area contributed by atoms with E-state index in [-0.39, 0.29) is 0 Å². The van der Waals surface area contributed by atoms with Crippen molar-refractivity contribution in [1.82, 2.24) is 0 Å². The molecule has 0 aliphatic carbocycles. The van der Waals surface area contributed by atoms with Crippen molar-refractivity contribution in [2.45, 2.75) is 33.2 Å². The lowest BCUT2D eigenvalue weighted by Gasteiger charge is -2.14. The van der Waals surface area contributed by atoms with Crippen LogP contribution >= 0.6 is 11.6 Å². The van der Waals surface area contributed by atoms with Crippen LogP contribution in [0.5, 0.6) is 0 Å². The molecule has 0 fully saturated rings. The minimum absolute atomic E-state index is 0.472. The second-order valence-electron chi connectivity index (χ2n) is 3.44. The Morgan fingerprint density at radius 2 is 2.15 bits per heavy atom. The van der Waals surface area contributed by atoms with Gasteiger partial charge in [-0.15, -0.1) is 0 Å². The molecule has 1 nitrogen and oxygen atoms in total. The highest BCUT2D eigenvalue weighted by Gasteiger charge is 2.02. The molecule has 0 bridgehead atoms. The molecule has 1 unspecified atom stereocenters. The number of anilines is 1. The van der Waals surface area contributed by atoms with Crippen molar-refractivity contribution in [3.8, 4) is 0 Å². The standard InChI is InChI=1S/C11H16ClN/c1-4-9(3)13-11-6-5-8(2)7-10(11)12/h5-7,9,13H,4H2,1-3H3. The fraction of sp³-hybridized carbons (Fsp3) is 0.455. The summed E-state index contributed by atoms with van der Waals surface area (Å²) in [6, 6.07) is 6.55. The molecule has 1 aromatic rings. The average Bonchev–Trinajstić information content (AvgIpc) is 2.09. The Morgan fingerprint density at radius 1 is 1.46 bits per heavy atom. The van der Waals surface area contributed by atoms with Crippen molar-refractivity contribution in [1.29, 1.82) is 0 Å². The smallest absolute Gasteiger partial charge is 0.0640 e. The summed E-state index contributed by atoms with van der Waals surface area (Å²) in [5.74, 6) is 0. The van der Waals surface area contributed by atoms with Crippen LogP contribution < -0.4 is 5.32 Å². The number of aryl methyl sites for hydroxylation is 1. The highest BCUT2D eigenvalue weighted by molar-refractivity contribution is 6.33. The van der Waals surface area contributed by atoms with Gasteiger partial charge in [-0.05, 0) is 38.0 Å². The first-order valence-electron chi connectivity index (χ1n) is 4.66. The van der Waals surface area contributed by atoms with Gasteiger partial charge in [0.2, 0.25) is 0 Å². The molecular weight excluding hydrogens is 182 g/mol. The number of benzene rings is 1. The van der Waals surface area contributed by atoms with Crippen molar-refractivity contribution in [2.24, 2.45) is 0 Å². The molecule has 0 amide bonds. The van der Waals surface area contributed by atoms with E-state index in [1.165, 1.54) is 5.56 Å². The van der Waals surface area contributed by atoms with Gasteiger partial charge >= 0.3 is 0 Å². The van der Waals surface area contributed by atoms with E-state index in [9.17, 15) is 0 Å². The maximum atomic E-state index is 6.07. The Morgan fingerprint density at radius 3 is 2.69 bits per heavy atom. The number of nitrogens with one attached hydrogen (secondary N) is 1. The molecule has 0 aliphatic rings. The van der Waals surface area contributed by atoms with Crippen LogP contribution in [-0.2, 0) is 0 Å². The first-order chi connectivity index (χ1) is 6.13. The van der Waals surface area contributed by atoms with Crippen molar-refractivity contribution in [2.75, 3.05) is 5.32 Å². The van der Waals surface area contributed by atoms with E-state index < -0.39 is 0 Å². The SMILES string of the molecule is CCC(C)Nc1ccc(C)cc1Cl. The predicted octanol–water partition coefficient (Wildman–Crippen LogP) is 3.86. The largest absolute Gasteiger partial charge is 0.381 e. The Balaban J connectivity index is 2.77. The average molecular weight is 198 g/mol. The summed E-state index contributed by atoms with van der Waals surface area (Å²) >= 11 is 6.07. The Hall–Kier alpha value is -0.690. The first-order valence-corrected chi connectivity index (χ1v) is 5.04. The molecule has 0 saturated heterocycles. The maximum absolute atomic E-state index is 6.07. The van der Waals surface area contributed by atoms with E-state index >= 15 is 0 Å². The van der Waals surface area contributed by atoms with E-state index in [0.29, 0.717) is 6.04 Å². The molecular formula is C11H16ClN. The van der Waals surface area contributed by atoms with Crippen LogP contribution in [0.2, 0.25) is 5.02 Å². The highest BCUT2D eigenvalue weighted by atomic mass is 35.5. The molecule has 1 atom stereocenters. The monoisotopic (exact) mass is 197 g/mol. The van der Waals surface area contributed by atoms with E-state index in [1.54, 1.807) is 0 Å². The fourth-order valence-electron chi connectivity index (χ4n) is 1.10. The molecule has 0 spiro atoms. The number of rotatable bonds is 3. The van der Waals surface area contributed by atoms with Gasteiger partial charge in [-0.2, -0.15) is 0 Å². The van der Waals surface area contributed by atoms with Crippen LogP contribution in [0.15, 0.2) is 18.2 Å². The lowest BCUT2D eigenvalue weighted by molar-refractivity contribution is 0.764. The normalized spacial score (nSPS) is 12.6. The zero-order valence-corrected chi connectivity index (χ0v) is 9.15. The summed E-state index contributed by atoms with van der Waals surface area (Å²) < 4.78 is 0. The van der Waals surface area contributed by atoms with Gasteiger partial charge in [0.1, 0.15) is 0 Å². The summed E-state index contributed by atoms with van der Waals surface area (Å²) in [4.78, 5) is 0. The zero-order chi connectivity index (χ0) is 9.84. The van der Waals surface area contributed by atoms with Crippen molar-refractivity contribution in [3.63, 3.8) is 0 Å². The topological polar surface area (TPSA) is 12.0 Å². The van der Waals surface area contributed by atoms with E-state index in [4.69, 9.17) is 11.6 Å². The molecule has 0 radical (unpaired) electrons. The van der Waals surface area contributed by atoms with Gasteiger partial charge in [0.05, 0.1) is 10.7 Å². The summed E-state index contributed by atoms with van der Waals surface area (Å²) in [6.45, 7) is 6.34. The molecule has 1 N–H and O–H groups in total. The third-order valence-corrected chi connectivity index (χ3v) is 2.45. The van der Waals surface area contributed by atoms with Crippen molar-refractivity contribution >= 4 is 17.3 Å². The number of hydrogen-bond donors (Lipinski definition) is 1. The number of hydrogen-bond acceptors (Lipinski definition) is 1. The summed E-state index contributed by atoms with van der Waals surface area (Å²) in [5.41, 5.74) is 2.22. The van der Waals surface area contributed by atoms with Gasteiger partial charge in [-0.3, -0.25) is 0 Å². The lowest BCUT2D eigenvalue weighted by Crippen LogP contribution is -2.13. The summed E-state index contributed by atoms with van der Waals surface area (Å²) in [5, 5.41) is 4.16. The van der Waals surface area contributed by atoms with E-state index in [0.717, 1.165) is 17.1 Å². The third-order valence-electron chi connectivity index (χ3n) is 2.14. The molecule has 72 valence electrons. The predicted molar refractivity (Wildman–Crippen MR) is 59.6 cm³/mol. The molecule has 0 aromatic heterocycles. The Kier molecular flexibility index (Phi) is 3.61. The van der Waals surface area contributed by atoms with Crippen LogP contribution in [0, 0.1) is 6.92 Å². The van der Waals surface area contributed by atoms with Gasteiger partial charge in [0.15, 0.2) is 0 Å². The minimum atomic E-state index is 0.472. The van der Waals surface area contributed by atoms with Gasteiger partial charge in [0, 0.05) is 6.04 Å². The molecule has 1 aromatic carbocycles. The number of halogens is 1. The van der Waals surface area contributed by atoms with Crippen LogP contribution in [0.25, 0.3) is 0 Å². The third kappa shape index (κ3) is 2.92. The Labute approximate surface area is 85.1 Å². The van der Waals surface area contributed by atoms with Gasteiger partial charge in [-0.25, -0.2) is 0 Å². The van der Waals surface area contributed by atoms with Crippen LogP contribution in [-0.4, -0.2) is 6.04 Å². The van der Waals surface area contributed by atoms with Crippen molar-refractivity contribution in [3.05, 3.63) is 28.8 Å². The molecule has 1 rings (SSSR count).